The Morgan fingerprint density at radius 1 is 1.56 bits per heavy atom. The molecule has 1 amide bonds. The van der Waals surface area contributed by atoms with E-state index in [1.54, 1.807) is 26.2 Å². The Hall–Kier alpha value is -1.47. The first-order valence-corrected chi connectivity index (χ1v) is 6.14. The molecule has 6 nitrogen and oxygen atoms in total. The number of aromatic nitrogens is 3. The lowest BCUT2D eigenvalue weighted by Crippen LogP contribution is -2.46. The minimum atomic E-state index is -0.680. The summed E-state index contributed by atoms with van der Waals surface area (Å²) in [5.41, 5.74) is 0.175. The molecule has 2 aromatic heterocycles. The fraction of sp³-hybridized carbons (Fsp3) is 0.364. The predicted molar refractivity (Wildman–Crippen MR) is 69.3 cm³/mol. The normalized spacial score (nSPS) is 11.8. The number of hydrogen-bond donors (Lipinski definition) is 2. The van der Waals surface area contributed by atoms with Crippen LogP contribution in [0.5, 0.6) is 0 Å². The lowest BCUT2D eigenvalue weighted by molar-refractivity contribution is 0.0871. The summed E-state index contributed by atoms with van der Waals surface area (Å²) in [6.07, 6.45) is 4.78. The molecule has 0 spiro atoms. The van der Waals surface area contributed by atoms with Crippen molar-refractivity contribution in [1.82, 2.24) is 19.9 Å². The summed E-state index contributed by atoms with van der Waals surface area (Å²) in [5.74, 6) is -0.307. The second kappa shape index (κ2) is 4.66. The van der Waals surface area contributed by atoms with Crippen LogP contribution in [0.4, 0.5) is 0 Å². The van der Waals surface area contributed by atoms with Crippen molar-refractivity contribution in [1.29, 1.82) is 0 Å². The molecule has 0 aliphatic carbocycles. The van der Waals surface area contributed by atoms with Gasteiger partial charge in [0.2, 0.25) is 0 Å². The molecule has 18 heavy (non-hydrogen) atoms. The zero-order valence-corrected chi connectivity index (χ0v) is 11.6. The maximum Gasteiger partial charge on any atom is 0.257 e. The third-order valence-corrected chi connectivity index (χ3v) is 2.83. The summed E-state index contributed by atoms with van der Waals surface area (Å²) in [4.78, 5) is 16.2. The van der Waals surface area contributed by atoms with E-state index in [2.05, 4.69) is 31.3 Å². The summed E-state index contributed by atoms with van der Waals surface area (Å²) in [5, 5.41) is 15.9. The molecule has 0 unspecified atom stereocenters. The molecule has 0 saturated heterocycles. The number of fused-ring (bicyclic) bond motifs is 1. The number of halogens is 1. The molecule has 0 atom stereocenters. The fourth-order valence-electron chi connectivity index (χ4n) is 1.43. The van der Waals surface area contributed by atoms with Crippen molar-refractivity contribution in [2.45, 2.75) is 19.4 Å². The molecular weight excluding hydrogens is 300 g/mol. The van der Waals surface area contributed by atoms with Crippen LogP contribution in [0.2, 0.25) is 0 Å². The Balaban J connectivity index is 2.34. The van der Waals surface area contributed by atoms with Gasteiger partial charge in [0, 0.05) is 12.4 Å². The molecule has 0 saturated carbocycles. The standard InChI is InChI=1S/C11H13BrN4O2/c1-11(2,6-17)15-10(18)8-4-14-16-5-7(12)3-13-9(8)16/h3-5,17H,6H2,1-2H3,(H,15,18). The predicted octanol–water partition coefficient (Wildman–Crippen LogP) is 0.992. The molecule has 2 heterocycles. The Morgan fingerprint density at radius 2 is 2.28 bits per heavy atom. The molecule has 2 N–H and O–H groups in total. The van der Waals surface area contributed by atoms with Gasteiger partial charge in [0.05, 0.1) is 22.8 Å². The number of carbonyl (C=O) groups excluding carboxylic acids is 1. The van der Waals surface area contributed by atoms with Gasteiger partial charge in [-0.15, -0.1) is 0 Å². The first-order valence-electron chi connectivity index (χ1n) is 5.35. The Bertz CT molecular complexity index is 594. The average Bonchev–Trinajstić information content (AvgIpc) is 2.71. The lowest BCUT2D eigenvalue weighted by atomic mass is 10.1. The fourth-order valence-corrected chi connectivity index (χ4v) is 1.72. The molecule has 2 rings (SSSR count). The highest BCUT2D eigenvalue weighted by Gasteiger charge is 2.22. The minimum Gasteiger partial charge on any atom is -0.394 e. The van der Waals surface area contributed by atoms with Crippen LogP contribution in [0.3, 0.4) is 0 Å². The molecule has 0 radical (unpaired) electrons. The van der Waals surface area contributed by atoms with Crippen molar-refractivity contribution in [2.75, 3.05) is 6.61 Å². The Labute approximate surface area is 112 Å². The van der Waals surface area contributed by atoms with Gasteiger partial charge in [0.1, 0.15) is 5.56 Å². The van der Waals surface area contributed by atoms with Crippen LogP contribution >= 0.6 is 15.9 Å². The summed E-state index contributed by atoms with van der Waals surface area (Å²) >= 11 is 3.28. The van der Waals surface area contributed by atoms with E-state index in [1.165, 1.54) is 10.7 Å². The van der Waals surface area contributed by atoms with Crippen LogP contribution in [0.1, 0.15) is 24.2 Å². The summed E-state index contributed by atoms with van der Waals surface area (Å²) in [7, 11) is 0. The van der Waals surface area contributed by atoms with Crippen LogP contribution in [0.25, 0.3) is 5.65 Å². The van der Waals surface area contributed by atoms with E-state index in [0.717, 1.165) is 4.47 Å². The van der Waals surface area contributed by atoms with Crippen LogP contribution in [-0.4, -0.2) is 37.8 Å². The van der Waals surface area contributed by atoms with Crippen LogP contribution in [0.15, 0.2) is 23.1 Å². The molecular formula is C11H13BrN4O2. The summed E-state index contributed by atoms with van der Waals surface area (Å²) in [6.45, 7) is 3.33. The van der Waals surface area contributed by atoms with Crippen molar-refractivity contribution in [3.63, 3.8) is 0 Å². The number of aliphatic hydroxyl groups is 1. The van der Waals surface area contributed by atoms with Gasteiger partial charge in [0.25, 0.3) is 5.91 Å². The summed E-state index contributed by atoms with van der Waals surface area (Å²) in [6, 6.07) is 0. The number of carbonyl (C=O) groups is 1. The van der Waals surface area contributed by atoms with Gasteiger partial charge < -0.3 is 10.4 Å². The molecule has 2 aromatic rings. The van der Waals surface area contributed by atoms with Gasteiger partial charge in [-0.1, -0.05) is 0 Å². The smallest absolute Gasteiger partial charge is 0.257 e. The highest BCUT2D eigenvalue weighted by Crippen LogP contribution is 2.13. The quantitative estimate of drug-likeness (QED) is 0.886. The van der Waals surface area contributed by atoms with E-state index < -0.39 is 5.54 Å². The third-order valence-electron chi connectivity index (χ3n) is 2.42. The Kier molecular flexibility index (Phi) is 3.36. The van der Waals surface area contributed by atoms with Crippen LogP contribution < -0.4 is 5.32 Å². The van der Waals surface area contributed by atoms with Crippen molar-refractivity contribution in [3.05, 3.63) is 28.6 Å². The lowest BCUT2D eigenvalue weighted by Gasteiger charge is -2.22. The van der Waals surface area contributed by atoms with E-state index in [1.807, 2.05) is 0 Å². The number of amides is 1. The van der Waals surface area contributed by atoms with Gasteiger partial charge in [-0.05, 0) is 29.8 Å². The van der Waals surface area contributed by atoms with Crippen molar-refractivity contribution in [2.24, 2.45) is 0 Å². The first-order chi connectivity index (χ1) is 8.43. The second-order valence-corrected chi connectivity index (χ2v) is 5.51. The van der Waals surface area contributed by atoms with E-state index in [4.69, 9.17) is 5.11 Å². The van der Waals surface area contributed by atoms with Gasteiger partial charge >= 0.3 is 0 Å². The zero-order chi connectivity index (χ0) is 13.3. The third kappa shape index (κ3) is 2.51. The van der Waals surface area contributed by atoms with Gasteiger partial charge in [-0.2, -0.15) is 5.10 Å². The highest BCUT2D eigenvalue weighted by atomic mass is 79.9. The molecule has 0 aliphatic heterocycles. The zero-order valence-electron chi connectivity index (χ0n) is 10.0. The van der Waals surface area contributed by atoms with Gasteiger partial charge in [0.15, 0.2) is 5.65 Å². The first kappa shape index (κ1) is 13.0. The number of hydrogen-bond acceptors (Lipinski definition) is 4. The van der Waals surface area contributed by atoms with E-state index >= 15 is 0 Å². The maximum atomic E-state index is 12.1. The van der Waals surface area contributed by atoms with Gasteiger partial charge in [-0.25, -0.2) is 9.50 Å². The largest absolute Gasteiger partial charge is 0.394 e. The average molecular weight is 313 g/mol. The van der Waals surface area contributed by atoms with Crippen LogP contribution in [-0.2, 0) is 0 Å². The van der Waals surface area contributed by atoms with E-state index in [0.29, 0.717) is 11.2 Å². The van der Waals surface area contributed by atoms with Crippen LogP contribution in [0, 0.1) is 0 Å². The van der Waals surface area contributed by atoms with Crippen molar-refractivity contribution < 1.29 is 9.90 Å². The number of aliphatic hydroxyl groups excluding tert-OH is 1. The SMILES string of the molecule is CC(C)(CO)NC(=O)c1cnn2cc(Br)cnc12. The maximum absolute atomic E-state index is 12.1. The molecule has 0 aliphatic rings. The monoisotopic (exact) mass is 312 g/mol. The molecule has 0 bridgehead atoms. The minimum absolute atomic E-state index is 0.142. The molecule has 7 heteroatoms. The number of rotatable bonds is 3. The van der Waals surface area contributed by atoms with Crippen molar-refractivity contribution in [3.8, 4) is 0 Å². The number of nitrogens with zero attached hydrogens (tertiary/aromatic N) is 3. The molecule has 96 valence electrons. The number of nitrogens with one attached hydrogen (secondary N) is 1. The molecule has 0 fully saturated rings. The Morgan fingerprint density at radius 3 is 2.94 bits per heavy atom. The van der Waals surface area contributed by atoms with E-state index in [-0.39, 0.29) is 12.5 Å². The topological polar surface area (TPSA) is 79.5 Å². The molecule has 0 aromatic carbocycles. The summed E-state index contributed by atoms with van der Waals surface area (Å²) < 4.78 is 2.30. The van der Waals surface area contributed by atoms with Crippen molar-refractivity contribution >= 4 is 27.5 Å². The van der Waals surface area contributed by atoms with Gasteiger partial charge in [-0.3, -0.25) is 4.79 Å². The van der Waals surface area contributed by atoms with E-state index in [9.17, 15) is 4.79 Å². The highest BCUT2D eigenvalue weighted by molar-refractivity contribution is 9.10. The second-order valence-electron chi connectivity index (χ2n) is 4.59.